The van der Waals surface area contributed by atoms with Gasteiger partial charge in [0.25, 0.3) is 0 Å². The van der Waals surface area contributed by atoms with Gasteiger partial charge in [0.15, 0.2) is 0 Å². The maximum absolute atomic E-state index is 12.3. The van der Waals surface area contributed by atoms with Gasteiger partial charge in [-0.1, -0.05) is 51.1 Å². The van der Waals surface area contributed by atoms with E-state index in [9.17, 15) is 9.90 Å². The Morgan fingerprint density at radius 2 is 1.83 bits per heavy atom. The summed E-state index contributed by atoms with van der Waals surface area (Å²) in [7, 11) is 1.80. The maximum Gasteiger partial charge on any atom is 0.228 e. The molecule has 1 heterocycles. The molecule has 0 aliphatic rings. The molecule has 0 bridgehead atoms. The molecule has 0 fully saturated rings. The van der Waals surface area contributed by atoms with Crippen LogP contribution in [0.15, 0.2) is 36.4 Å². The molecule has 130 valence electrons. The monoisotopic (exact) mass is 329 g/mol. The minimum absolute atomic E-state index is 0.0171. The third-order valence-corrected chi connectivity index (χ3v) is 3.81. The zero-order valence-electron chi connectivity index (χ0n) is 15.1. The Hall–Kier alpha value is -2.14. The zero-order chi connectivity index (χ0) is 18.0. The summed E-state index contributed by atoms with van der Waals surface area (Å²) >= 11 is 0. The second-order valence-corrected chi connectivity index (χ2v) is 7.75. The first kappa shape index (κ1) is 18.2. The lowest BCUT2D eigenvalue weighted by molar-refractivity contribution is -0.120. The van der Waals surface area contributed by atoms with Crippen molar-refractivity contribution in [1.82, 2.24) is 9.78 Å². The molecular formula is C19H27N3O2. The summed E-state index contributed by atoms with van der Waals surface area (Å²) in [6.07, 6.45) is 0.815. The van der Waals surface area contributed by atoms with E-state index in [-0.39, 0.29) is 17.7 Å². The molecule has 1 aromatic heterocycles. The molecule has 0 aliphatic carbocycles. The van der Waals surface area contributed by atoms with Crippen molar-refractivity contribution in [2.75, 3.05) is 5.32 Å². The van der Waals surface area contributed by atoms with Gasteiger partial charge in [-0.05, 0) is 24.3 Å². The van der Waals surface area contributed by atoms with Crippen LogP contribution >= 0.6 is 0 Å². The third-order valence-electron chi connectivity index (χ3n) is 3.81. The van der Waals surface area contributed by atoms with E-state index in [0.29, 0.717) is 5.82 Å². The van der Waals surface area contributed by atoms with E-state index in [1.807, 2.05) is 36.4 Å². The lowest BCUT2D eigenvalue weighted by Gasteiger charge is -2.23. The fourth-order valence-electron chi connectivity index (χ4n) is 2.67. The van der Waals surface area contributed by atoms with Crippen LogP contribution in [0.5, 0.6) is 0 Å². The van der Waals surface area contributed by atoms with Gasteiger partial charge < -0.3 is 10.4 Å². The minimum atomic E-state index is -1.21. The Balaban J connectivity index is 2.05. The molecule has 2 N–H and O–H groups in total. The Kier molecular flexibility index (Phi) is 5.13. The van der Waals surface area contributed by atoms with Crippen molar-refractivity contribution in [1.29, 1.82) is 0 Å². The van der Waals surface area contributed by atoms with Gasteiger partial charge in [0, 0.05) is 13.1 Å². The van der Waals surface area contributed by atoms with Crippen molar-refractivity contribution in [3.05, 3.63) is 47.7 Å². The van der Waals surface area contributed by atoms with Crippen molar-refractivity contribution in [2.45, 2.75) is 46.1 Å². The zero-order valence-corrected chi connectivity index (χ0v) is 15.1. The molecule has 0 radical (unpaired) electrons. The van der Waals surface area contributed by atoms with Crippen molar-refractivity contribution < 1.29 is 9.90 Å². The highest BCUT2D eigenvalue weighted by Crippen LogP contribution is 2.25. The number of benzene rings is 1. The van der Waals surface area contributed by atoms with Gasteiger partial charge in [0.1, 0.15) is 5.82 Å². The first-order valence-electron chi connectivity index (χ1n) is 8.17. The van der Waals surface area contributed by atoms with Crippen molar-refractivity contribution in [2.24, 2.45) is 12.5 Å². The third kappa shape index (κ3) is 4.93. The topological polar surface area (TPSA) is 67.2 Å². The van der Waals surface area contributed by atoms with Crippen LogP contribution in [-0.2, 0) is 23.9 Å². The van der Waals surface area contributed by atoms with Gasteiger partial charge in [-0.15, -0.1) is 0 Å². The molecule has 0 spiro atoms. The van der Waals surface area contributed by atoms with Crippen LogP contribution in [0.4, 0.5) is 5.82 Å². The summed E-state index contributed by atoms with van der Waals surface area (Å²) in [4.78, 5) is 12.3. The molecule has 1 aromatic carbocycles. The van der Waals surface area contributed by atoms with Crippen LogP contribution in [-0.4, -0.2) is 20.8 Å². The fraction of sp³-hybridized carbons (Fsp3) is 0.474. The van der Waals surface area contributed by atoms with Gasteiger partial charge in [0.2, 0.25) is 5.91 Å². The average molecular weight is 329 g/mol. The Morgan fingerprint density at radius 3 is 2.42 bits per heavy atom. The predicted octanol–water partition coefficient (Wildman–Crippen LogP) is 3.25. The molecule has 0 saturated carbocycles. The lowest BCUT2D eigenvalue weighted by atomic mass is 9.91. The molecule has 2 aromatic rings. The number of aromatic nitrogens is 2. The molecule has 1 unspecified atom stereocenters. The minimum Gasteiger partial charge on any atom is -0.385 e. The highest BCUT2D eigenvalue weighted by Gasteiger charge is 2.27. The number of rotatable bonds is 5. The first-order chi connectivity index (χ1) is 11.1. The standard InChI is InChI=1S/C19H27N3O2/c1-18(2,3)12-15-11-16(22(5)21-15)20-17(23)13-19(4,24)14-9-7-6-8-10-14/h6-11,24H,12-13H2,1-5H3,(H,20,23). The Labute approximate surface area is 143 Å². The molecule has 5 nitrogen and oxygen atoms in total. The second-order valence-electron chi connectivity index (χ2n) is 7.75. The number of amides is 1. The summed E-state index contributed by atoms with van der Waals surface area (Å²) in [6.45, 7) is 8.10. The van der Waals surface area contributed by atoms with Crippen molar-refractivity contribution in [3.63, 3.8) is 0 Å². The second kappa shape index (κ2) is 6.77. The number of carbonyl (C=O) groups is 1. The van der Waals surface area contributed by atoms with E-state index < -0.39 is 5.60 Å². The van der Waals surface area contributed by atoms with Gasteiger partial charge in [0.05, 0.1) is 17.7 Å². The lowest BCUT2D eigenvalue weighted by Crippen LogP contribution is -2.28. The normalized spacial score (nSPS) is 14.2. The van der Waals surface area contributed by atoms with Crippen molar-refractivity contribution >= 4 is 11.7 Å². The smallest absolute Gasteiger partial charge is 0.228 e. The molecule has 1 amide bonds. The van der Waals surface area contributed by atoms with Crippen LogP contribution in [0, 0.1) is 5.41 Å². The number of hydrogen-bond donors (Lipinski definition) is 2. The molecule has 5 heteroatoms. The van der Waals surface area contributed by atoms with Gasteiger partial charge in [-0.3, -0.25) is 9.48 Å². The van der Waals surface area contributed by atoms with E-state index >= 15 is 0 Å². The molecule has 0 saturated heterocycles. The van der Waals surface area contributed by atoms with Crippen LogP contribution in [0.1, 0.15) is 45.4 Å². The van der Waals surface area contributed by atoms with Gasteiger partial charge in [-0.2, -0.15) is 5.10 Å². The number of anilines is 1. The number of nitrogens with zero attached hydrogens (tertiary/aromatic N) is 2. The van der Waals surface area contributed by atoms with E-state index in [1.165, 1.54) is 0 Å². The molecule has 24 heavy (non-hydrogen) atoms. The molecule has 0 aliphatic heterocycles. The van der Waals surface area contributed by atoms with Gasteiger partial charge >= 0.3 is 0 Å². The van der Waals surface area contributed by atoms with Crippen LogP contribution in [0.25, 0.3) is 0 Å². The average Bonchev–Trinajstić information content (AvgIpc) is 2.76. The highest BCUT2D eigenvalue weighted by molar-refractivity contribution is 5.90. The summed E-state index contributed by atoms with van der Waals surface area (Å²) < 4.78 is 1.66. The fourth-order valence-corrected chi connectivity index (χ4v) is 2.67. The predicted molar refractivity (Wildman–Crippen MR) is 95.6 cm³/mol. The maximum atomic E-state index is 12.3. The Morgan fingerprint density at radius 1 is 1.21 bits per heavy atom. The Bertz CT molecular complexity index is 697. The van der Waals surface area contributed by atoms with E-state index in [1.54, 1.807) is 18.7 Å². The summed E-state index contributed by atoms with van der Waals surface area (Å²) in [5, 5.41) is 17.9. The molecule has 2 rings (SSSR count). The number of nitrogens with one attached hydrogen (secondary N) is 1. The number of carbonyl (C=O) groups excluding carboxylic acids is 1. The summed E-state index contributed by atoms with van der Waals surface area (Å²) in [5.41, 5.74) is 0.582. The number of aryl methyl sites for hydroxylation is 1. The van der Waals surface area contributed by atoms with Crippen LogP contribution in [0.3, 0.4) is 0 Å². The summed E-state index contributed by atoms with van der Waals surface area (Å²) in [5.74, 6) is 0.400. The van der Waals surface area contributed by atoms with Gasteiger partial charge in [-0.25, -0.2) is 0 Å². The molecule has 1 atom stereocenters. The van der Waals surface area contributed by atoms with Crippen LogP contribution < -0.4 is 5.32 Å². The van der Waals surface area contributed by atoms with E-state index in [0.717, 1.165) is 17.7 Å². The number of hydrogen-bond acceptors (Lipinski definition) is 3. The SMILES string of the molecule is Cn1nc(CC(C)(C)C)cc1NC(=O)CC(C)(O)c1ccccc1. The summed E-state index contributed by atoms with van der Waals surface area (Å²) in [6, 6.07) is 11.1. The number of aliphatic hydroxyl groups is 1. The first-order valence-corrected chi connectivity index (χ1v) is 8.17. The molecular weight excluding hydrogens is 302 g/mol. The van der Waals surface area contributed by atoms with E-state index in [4.69, 9.17) is 0 Å². The van der Waals surface area contributed by atoms with Crippen molar-refractivity contribution in [3.8, 4) is 0 Å². The van der Waals surface area contributed by atoms with E-state index in [2.05, 4.69) is 31.2 Å². The highest BCUT2D eigenvalue weighted by atomic mass is 16.3. The van der Waals surface area contributed by atoms with Crippen LogP contribution in [0.2, 0.25) is 0 Å². The quantitative estimate of drug-likeness (QED) is 0.885. The largest absolute Gasteiger partial charge is 0.385 e.